The molecule has 2 aromatic rings. The van der Waals surface area contributed by atoms with Crippen LogP contribution in [0.4, 0.5) is 5.00 Å². The van der Waals surface area contributed by atoms with Gasteiger partial charge >= 0.3 is 5.00 Å². The second kappa shape index (κ2) is 7.11. The molecule has 1 aliphatic rings. The van der Waals surface area contributed by atoms with Gasteiger partial charge in [0.15, 0.2) is 0 Å². The van der Waals surface area contributed by atoms with Crippen molar-refractivity contribution >= 4 is 22.2 Å². The van der Waals surface area contributed by atoms with Crippen LogP contribution in [0.25, 0.3) is 0 Å². The third-order valence-corrected chi connectivity index (χ3v) is 5.16. The Balaban J connectivity index is 1.56. The van der Waals surface area contributed by atoms with Gasteiger partial charge in [-0.25, -0.2) is 0 Å². The summed E-state index contributed by atoms with van der Waals surface area (Å²) in [4.78, 5) is 27.3. The van der Waals surface area contributed by atoms with Crippen molar-refractivity contribution in [2.45, 2.75) is 13.5 Å². The molecule has 0 saturated carbocycles. The highest BCUT2D eigenvalue weighted by molar-refractivity contribution is 7.17. The van der Waals surface area contributed by atoms with Crippen molar-refractivity contribution in [3.8, 4) is 0 Å². The van der Waals surface area contributed by atoms with Crippen LogP contribution in [0.5, 0.6) is 0 Å². The van der Waals surface area contributed by atoms with Crippen LogP contribution in [0.15, 0.2) is 36.4 Å². The molecule has 3 rings (SSSR count). The molecule has 1 amide bonds. The molecule has 1 saturated heterocycles. The molecule has 1 aliphatic heterocycles. The Morgan fingerprint density at radius 2 is 1.96 bits per heavy atom. The minimum absolute atomic E-state index is 0.0106. The van der Waals surface area contributed by atoms with E-state index in [0.29, 0.717) is 18.0 Å². The van der Waals surface area contributed by atoms with Gasteiger partial charge in [0.25, 0.3) is 5.91 Å². The average Bonchev–Trinajstić information content (AvgIpc) is 3.05. The summed E-state index contributed by atoms with van der Waals surface area (Å²) >= 11 is 0.944. The van der Waals surface area contributed by atoms with E-state index >= 15 is 0 Å². The summed E-state index contributed by atoms with van der Waals surface area (Å²) in [5.41, 5.74) is 2.53. The molecule has 126 valence electrons. The summed E-state index contributed by atoms with van der Waals surface area (Å²) in [5, 5.41) is 10.7. The number of carbonyl (C=O) groups excluding carboxylic acids is 1. The van der Waals surface area contributed by atoms with Gasteiger partial charge in [0.2, 0.25) is 0 Å². The number of aryl methyl sites for hydroxylation is 1. The van der Waals surface area contributed by atoms with Gasteiger partial charge in [0.05, 0.1) is 9.80 Å². The zero-order chi connectivity index (χ0) is 17.1. The molecule has 0 N–H and O–H groups in total. The number of thiophene rings is 1. The molecule has 1 fully saturated rings. The standard InChI is InChI=1S/C17H19N3O3S/c1-13-3-2-4-14(11-13)12-18-7-9-19(10-8-18)17(21)15-5-6-16(24-15)20(22)23/h2-6,11H,7-10,12H2,1H3. The molecule has 0 unspecified atom stereocenters. The Morgan fingerprint density at radius 3 is 2.58 bits per heavy atom. The third-order valence-electron chi connectivity index (χ3n) is 4.13. The monoisotopic (exact) mass is 345 g/mol. The van der Waals surface area contributed by atoms with Crippen LogP contribution in [0.3, 0.4) is 0 Å². The predicted octanol–water partition coefficient (Wildman–Crippen LogP) is 2.92. The Bertz CT molecular complexity index is 751. The lowest BCUT2D eigenvalue weighted by Gasteiger charge is -2.34. The number of hydrogen-bond donors (Lipinski definition) is 0. The van der Waals surface area contributed by atoms with Crippen LogP contribution in [0.2, 0.25) is 0 Å². The summed E-state index contributed by atoms with van der Waals surface area (Å²) < 4.78 is 0. The quantitative estimate of drug-likeness (QED) is 0.631. The minimum atomic E-state index is -0.457. The van der Waals surface area contributed by atoms with Crippen molar-refractivity contribution in [1.29, 1.82) is 0 Å². The first-order valence-corrected chi connectivity index (χ1v) is 8.66. The maximum Gasteiger partial charge on any atom is 0.324 e. The third kappa shape index (κ3) is 3.80. The second-order valence-corrected chi connectivity index (χ2v) is 7.01. The highest BCUT2D eigenvalue weighted by atomic mass is 32.1. The van der Waals surface area contributed by atoms with Gasteiger partial charge in [-0.1, -0.05) is 41.2 Å². The van der Waals surface area contributed by atoms with Crippen molar-refractivity contribution in [2.75, 3.05) is 26.2 Å². The fourth-order valence-electron chi connectivity index (χ4n) is 2.87. The van der Waals surface area contributed by atoms with Gasteiger partial charge < -0.3 is 4.90 Å². The molecule has 0 bridgehead atoms. The highest BCUT2D eigenvalue weighted by Crippen LogP contribution is 2.25. The van der Waals surface area contributed by atoms with Crippen molar-refractivity contribution in [3.63, 3.8) is 0 Å². The van der Waals surface area contributed by atoms with Crippen LogP contribution in [0.1, 0.15) is 20.8 Å². The van der Waals surface area contributed by atoms with Gasteiger partial charge in [-0.3, -0.25) is 19.8 Å². The summed E-state index contributed by atoms with van der Waals surface area (Å²) in [6.07, 6.45) is 0. The van der Waals surface area contributed by atoms with Crippen molar-refractivity contribution in [2.24, 2.45) is 0 Å². The SMILES string of the molecule is Cc1cccc(CN2CCN(C(=O)c3ccc([N+](=O)[O-])s3)CC2)c1. The average molecular weight is 345 g/mol. The topological polar surface area (TPSA) is 66.7 Å². The number of benzene rings is 1. The Kier molecular flexibility index (Phi) is 4.92. The van der Waals surface area contributed by atoms with Crippen LogP contribution < -0.4 is 0 Å². The number of amides is 1. The number of carbonyl (C=O) groups is 1. The minimum Gasteiger partial charge on any atom is -0.335 e. The maximum absolute atomic E-state index is 12.4. The van der Waals surface area contributed by atoms with E-state index in [1.54, 1.807) is 11.0 Å². The number of nitro groups is 1. The van der Waals surface area contributed by atoms with E-state index in [4.69, 9.17) is 0 Å². The number of rotatable bonds is 4. The summed E-state index contributed by atoms with van der Waals surface area (Å²) in [6.45, 7) is 5.89. The first kappa shape index (κ1) is 16.6. The van der Waals surface area contributed by atoms with E-state index in [-0.39, 0.29) is 10.9 Å². The molecule has 2 heterocycles. The van der Waals surface area contributed by atoms with Gasteiger partial charge in [-0.2, -0.15) is 0 Å². The Hall–Kier alpha value is -2.25. The first-order valence-electron chi connectivity index (χ1n) is 7.84. The number of piperazine rings is 1. The van der Waals surface area contributed by atoms with Crippen molar-refractivity contribution < 1.29 is 9.72 Å². The van der Waals surface area contributed by atoms with Gasteiger partial charge in [0, 0.05) is 38.8 Å². The van der Waals surface area contributed by atoms with Crippen molar-refractivity contribution in [1.82, 2.24) is 9.80 Å². The maximum atomic E-state index is 12.4. The number of nitrogens with zero attached hydrogens (tertiary/aromatic N) is 3. The second-order valence-electron chi connectivity index (χ2n) is 5.95. The van der Waals surface area contributed by atoms with Gasteiger partial charge in [-0.15, -0.1) is 0 Å². The molecular formula is C17H19N3O3S. The number of hydrogen-bond acceptors (Lipinski definition) is 5. The lowest BCUT2D eigenvalue weighted by molar-refractivity contribution is -0.380. The molecule has 1 aromatic carbocycles. The fraction of sp³-hybridized carbons (Fsp3) is 0.353. The van der Waals surface area contributed by atoms with E-state index in [9.17, 15) is 14.9 Å². The van der Waals surface area contributed by atoms with E-state index in [2.05, 4.69) is 36.1 Å². The molecule has 1 aromatic heterocycles. The van der Waals surface area contributed by atoms with Gasteiger partial charge in [-0.05, 0) is 18.6 Å². The zero-order valence-electron chi connectivity index (χ0n) is 13.5. The van der Waals surface area contributed by atoms with Gasteiger partial charge in [0.1, 0.15) is 0 Å². The highest BCUT2D eigenvalue weighted by Gasteiger charge is 2.24. The molecule has 7 heteroatoms. The predicted molar refractivity (Wildman–Crippen MR) is 93.3 cm³/mol. The van der Waals surface area contributed by atoms with Crippen LogP contribution >= 0.6 is 11.3 Å². The molecule has 6 nitrogen and oxygen atoms in total. The Morgan fingerprint density at radius 1 is 1.21 bits per heavy atom. The van der Waals surface area contributed by atoms with Crippen LogP contribution in [-0.2, 0) is 6.54 Å². The molecular weight excluding hydrogens is 326 g/mol. The lowest BCUT2D eigenvalue weighted by Crippen LogP contribution is -2.48. The zero-order valence-corrected chi connectivity index (χ0v) is 14.3. The molecule has 0 aliphatic carbocycles. The van der Waals surface area contributed by atoms with E-state index in [1.807, 2.05) is 0 Å². The fourth-order valence-corrected chi connectivity index (χ4v) is 3.66. The van der Waals surface area contributed by atoms with Crippen LogP contribution in [0, 0.1) is 17.0 Å². The summed E-state index contributed by atoms with van der Waals surface area (Å²) in [6, 6.07) is 11.4. The molecule has 24 heavy (non-hydrogen) atoms. The summed E-state index contributed by atoms with van der Waals surface area (Å²) in [5.74, 6) is -0.108. The lowest BCUT2D eigenvalue weighted by atomic mass is 10.1. The normalized spacial score (nSPS) is 15.5. The molecule has 0 atom stereocenters. The first-order chi connectivity index (χ1) is 11.5. The van der Waals surface area contributed by atoms with E-state index < -0.39 is 4.92 Å². The smallest absolute Gasteiger partial charge is 0.324 e. The Labute approximate surface area is 144 Å². The summed E-state index contributed by atoms with van der Waals surface area (Å²) in [7, 11) is 0. The van der Waals surface area contributed by atoms with E-state index in [1.165, 1.54) is 17.2 Å². The van der Waals surface area contributed by atoms with E-state index in [0.717, 1.165) is 31.0 Å². The molecule has 0 spiro atoms. The largest absolute Gasteiger partial charge is 0.335 e. The van der Waals surface area contributed by atoms with Crippen molar-refractivity contribution in [3.05, 3.63) is 62.5 Å². The van der Waals surface area contributed by atoms with Crippen LogP contribution in [-0.4, -0.2) is 46.8 Å². The molecule has 0 radical (unpaired) electrons.